The van der Waals surface area contributed by atoms with Crippen LogP contribution in [0.5, 0.6) is 17.2 Å². The lowest BCUT2D eigenvalue weighted by atomic mass is 9.95. The summed E-state index contributed by atoms with van der Waals surface area (Å²) in [6.45, 7) is 0. The summed E-state index contributed by atoms with van der Waals surface area (Å²) in [4.78, 5) is 24.5. The lowest BCUT2D eigenvalue weighted by molar-refractivity contribution is 0.0685. The molecule has 0 atom stereocenters. The molecule has 0 saturated heterocycles. The monoisotopic (exact) mass is 464 g/mol. The van der Waals surface area contributed by atoms with Gasteiger partial charge in [0, 0.05) is 23.1 Å². The van der Waals surface area contributed by atoms with Gasteiger partial charge in [-0.15, -0.1) is 0 Å². The first-order chi connectivity index (χ1) is 16.9. The maximum Gasteiger partial charge on any atom is 0.347 e. The first-order valence-electron chi connectivity index (χ1n) is 10.7. The lowest BCUT2D eigenvalue weighted by Gasteiger charge is -2.15. The zero-order valence-corrected chi connectivity index (χ0v) is 18.4. The molecule has 0 amide bonds. The minimum atomic E-state index is -1.43. The molecule has 0 fully saturated rings. The SMILES string of the molecule is O=C(O)c1cc(O)c(C(=O)Oc2ccc(C#Cc3ccccc3)cc2)c(Cc2ccccc2)c1O. The van der Waals surface area contributed by atoms with Gasteiger partial charge in [-0.2, -0.15) is 0 Å². The Morgan fingerprint density at radius 1 is 0.771 bits per heavy atom. The van der Waals surface area contributed by atoms with Crippen LogP contribution in [-0.4, -0.2) is 27.3 Å². The molecule has 4 rings (SSSR count). The molecule has 0 bridgehead atoms. The summed E-state index contributed by atoms with van der Waals surface area (Å²) in [7, 11) is 0. The summed E-state index contributed by atoms with van der Waals surface area (Å²) in [6, 6.07) is 25.7. The fourth-order valence-electron chi connectivity index (χ4n) is 3.51. The van der Waals surface area contributed by atoms with E-state index in [0.29, 0.717) is 11.1 Å². The van der Waals surface area contributed by atoms with Crippen LogP contribution in [0.15, 0.2) is 91.0 Å². The predicted molar refractivity (Wildman–Crippen MR) is 130 cm³/mol. The number of carboxylic acid groups (broad SMARTS) is 1. The quantitative estimate of drug-likeness (QED) is 0.166. The molecule has 0 unspecified atom stereocenters. The second kappa shape index (κ2) is 10.3. The molecule has 172 valence electrons. The Morgan fingerprint density at radius 3 is 1.94 bits per heavy atom. The topological polar surface area (TPSA) is 104 Å². The molecule has 0 aliphatic carbocycles. The summed E-state index contributed by atoms with van der Waals surface area (Å²) in [5.41, 5.74) is 1.44. The zero-order valence-electron chi connectivity index (χ0n) is 18.4. The van der Waals surface area contributed by atoms with E-state index in [1.807, 2.05) is 30.3 Å². The molecule has 3 N–H and O–H groups in total. The van der Waals surface area contributed by atoms with E-state index in [4.69, 9.17) is 4.74 Å². The molecule has 6 nitrogen and oxygen atoms in total. The van der Waals surface area contributed by atoms with Gasteiger partial charge in [-0.1, -0.05) is 60.4 Å². The van der Waals surface area contributed by atoms with Gasteiger partial charge >= 0.3 is 11.9 Å². The lowest BCUT2D eigenvalue weighted by Crippen LogP contribution is -2.14. The number of carboxylic acids is 1. The molecule has 6 heteroatoms. The van der Waals surface area contributed by atoms with E-state index >= 15 is 0 Å². The van der Waals surface area contributed by atoms with Crippen LogP contribution in [0, 0.1) is 11.8 Å². The van der Waals surface area contributed by atoms with Crippen LogP contribution in [0.25, 0.3) is 0 Å². The molecule has 0 aliphatic heterocycles. The van der Waals surface area contributed by atoms with E-state index in [1.165, 1.54) is 0 Å². The smallest absolute Gasteiger partial charge is 0.347 e. The van der Waals surface area contributed by atoms with Crippen LogP contribution >= 0.6 is 0 Å². The number of phenols is 2. The largest absolute Gasteiger partial charge is 0.507 e. The minimum absolute atomic E-state index is 0.0137. The van der Waals surface area contributed by atoms with Gasteiger partial charge in [0.15, 0.2) is 0 Å². The Labute approximate surface area is 201 Å². The number of benzene rings is 4. The van der Waals surface area contributed by atoms with Crippen molar-refractivity contribution in [3.63, 3.8) is 0 Å². The number of carbonyl (C=O) groups excluding carboxylic acids is 1. The van der Waals surface area contributed by atoms with E-state index in [1.54, 1.807) is 54.6 Å². The van der Waals surface area contributed by atoms with Gasteiger partial charge in [-0.05, 0) is 48.0 Å². The van der Waals surface area contributed by atoms with Gasteiger partial charge < -0.3 is 20.1 Å². The van der Waals surface area contributed by atoms with E-state index in [9.17, 15) is 24.9 Å². The Balaban J connectivity index is 1.62. The third-order valence-corrected chi connectivity index (χ3v) is 5.23. The molecule has 35 heavy (non-hydrogen) atoms. The highest BCUT2D eigenvalue weighted by Crippen LogP contribution is 2.35. The summed E-state index contributed by atoms with van der Waals surface area (Å²) >= 11 is 0. The van der Waals surface area contributed by atoms with Crippen molar-refractivity contribution in [2.75, 3.05) is 0 Å². The number of aromatic hydroxyl groups is 2. The molecule has 0 spiro atoms. The third kappa shape index (κ3) is 5.49. The number of carbonyl (C=O) groups is 2. The second-order valence-electron chi connectivity index (χ2n) is 7.64. The van der Waals surface area contributed by atoms with Crippen molar-refractivity contribution >= 4 is 11.9 Å². The fraction of sp³-hybridized carbons (Fsp3) is 0.0345. The van der Waals surface area contributed by atoms with Gasteiger partial charge in [-0.25, -0.2) is 9.59 Å². The Bertz CT molecular complexity index is 1430. The average Bonchev–Trinajstić information content (AvgIpc) is 2.86. The fourth-order valence-corrected chi connectivity index (χ4v) is 3.51. The van der Waals surface area contributed by atoms with Crippen LogP contribution < -0.4 is 4.74 Å². The van der Waals surface area contributed by atoms with Crippen molar-refractivity contribution in [1.29, 1.82) is 0 Å². The standard InChI is InChI=1S/C29H20O6/c30-25-18-24(28(32)33)27(31)23(17-21-9-5-2-6-10-21)26(25)29(34)35-22-15-13-20(14-16-22)12-11-19-7-3-1-4-8-19/h1-10,13-16,18,30-31H,17H2,(H,32,33). The number of hydrogen-bond donors (Lipinski definition) is 3. The molecule has 4 aromatic carbocycles. The summed E-state index contributed by atoms with van der Waals surface area (Å²) < 4.78 is 5.43. The van der Waals surface area contributed by atoms with Gasteiger partial charge in [0.2, 0.25) is 0 Å². The van der Waals surface area contributed by atoms with Crippen LogP contribution in [0.2, 0.25) is 0 Å². The highest BCUT2D eigenvalue weighted by Gasteiger charge is 2.27. The summed E-state index contributed by atoms with van der Waals surface area (Å²) in [6.07, 6.45) is 0.0137. The van der Waals surface area contributed by atoms with E-state index in [2.05, 4.69) is 11.8 Å². The number of rotatable bonds is 5. The van der Waals surface area contributed by atoms with Crippen molar-refractivity contribution in [3.05, 3.63) is 124 Å². The van der Waals surface area contributed by atoms with Crippen molar-refractivity contribution < 1.29 is 29.6 Å². The highest BCUT2D eigenvalue weighted by atomic mass is 16.5. The number of esters is 1. The molecular formula is C29H20O6. The van der Waals surface area contributed by atoms with Gasteiger partial charge in [0.25, 0.3) is 0 Å². The zero-order chi connectivity index (χ0) is 24.8. The van der Waals surface area contributed by atoms with Crippen molar-refractivity contribution in [2.45, 2.75) is 6.42 Å². The van der Waals surface area contributed by atoms with Gasteiger partial charge in [0.05, 0.1) is 0 Å². The van der Waals surface area contributed by atoms with E-state index < -0.39 is 29.0 Å². The van der Waals surface area contributed by atoms with Crippen molar-refractivity contribution in [2.24, 2.45) is 0 Å². The first kappa shape index (κ1) is 23.1. The maximum atomic E-state index is 13.0. The molecule has 0 aliphatic rings. The molecule has 0 aromatic heterocycles. The van der Waals surface area contributed by atoms with Crippen molar-refractivity contribution in [1.82, 2.24) is 0 Å². The Hall–Kier alpha value is -5.02. The molecule has 0 radical (unpaired) electrons. The number of aromatic carboxylic acids is 1. The summed E-state index contributed by atoms with van der Waals surface area (Å²) in [5.74, 6) is 2.71. The second-order valence-corrected chi connectivity index (χ2v) is 7.64. The highest BCUT2D eigenvalue weighted by molar-refractivity contribution is 6.00. The van der Waals surface area contributed by atoms with Crippen LogP contribution in [-0.2, 0) is 6.42 Å². The van der Waals surface area contributed by atoms with Crippen LogP contribution in [0.1, 0.15) is 43.0 Å². The third-order valence-electron chi connectivity index (χ3n) is 5.23. The number of hydrogen-bond acceptors (Lipinski definition) is 5. The van der Waals surface area contributed by atoms with Crippen LogP contribution in [0.4, 0.5) is 0 Å². The molecule has 4 aromatic rings. The summed E-state index contributed by atoms with van der Waals surface area (Å²) in [5, 5.41) is 30.5. The minimum Gasteiger partial charge on any atom is -0.507 e. The molecular weight excluding hydrogens is 444 g/mol. The van der Waals surface area contributed by atoms with Gasteiger partial charge in [-0.3, -0.25) is 0 Å². The Morgan fingerprint density at radius 2 is 1.34 bits per heavy atom. The Kier molecular flexibility index (Phi) is 6.80. The average molecular weight is 464 g/mol. The molecule has 0 heterocycles. The first-order valence-corrected chi connectivity index (χ1v) is 10.7. The predicted octanol–water partition coefficient (Wildman–Crippen LogP) is 5.01. The molecule has 0 saturated carbocycles. The maximum absolute atomic E-state index is 13.0. The van der Waals surface area contributed by atoms with E-state index in [0.717, 1.165) is 11.6 Å². The van der Waals surface area contributed by atoms with Crippen LogP contribution in [0.3, 0.4) is 0 Å². The van der Waals surface area contributed by atoms with Gasteiger partial charge in [0.1, 0.15) is 28.4 Å². The normalized spacial score (nSPS) is 10.2. The number of ether oxygens (including phenoxy) is 1. The van der Waals surface area contributed by atoms with E-state index in [-0.39, 0.29) is 23.3 Å². The number of phenolic OH excluding ortho intramolecular Hbond substituents is 1. The van der Waals surface area contributed by atoms with Crippen molar-refractivity contribution in [3.8, 4) is 29.1 Å².